The first-order valence-corrected chi connectivity index (χ1v) is 16.1. The van der Waals surface area contributed by atoms with Gasteiger partial charge in [-0.05, 0) is 42.7 Å². The highest BCUT2D eigenvalue weighted by molar-refractivity contribution is 7.99. The molecule has 0 spiro atoms. The van der Waals surface area contributed by atoms with Gasteiger partial charge in [0.15, 0.2) is 5.13 Å². The van der Waals surface area contributed by atoms with Crippen molar-refractivity contribution in [2.24, 2.45) is 0 Å². The number of nitrogens with zero attached hydrogens (tertiary/aromatic N) is 6. The van der Waals surface area contributed by atoms with Crippen LogP contribution >= 0.6 is 23.1 Å². The summed E-state index contributed by atoms with van der Waals surface area (Å²) in [7, 11) is 3.70. The number of carbonyl (C=O) groups is 3. The lowest BCUT2D eigenvalue weighted by Crippen LogP contribution is -2.48. The highest BCUT2D eigenvalue weighted by Crippen LogP contribution is 2.43. The van der Waals surface area contributed by atoms with Crippen LogP contribution in [0.4, 0.5) is 21.6 Å². The van der Waals surface area contributed by atoms with Gasteiger partial charge in [-0.2, -0.15) is 0 Å². The second kappa shape index (κ2) is 13.0. The van der Waals surface area contributed by atoms with Gasteiger partial charge in [-0.3, -0.25) is 19.4 Å². The number of ether oxygens (including phenoxy) is 1. The molecule has 1 saturated carbocycles. The largest absolute Gasteiger partial charge is 0.444 e. The molecule has 2 atom stereocenters. The zero-order valence-corrected chi connectivity index (χ0v) is 25.8. The van der Waals surface area contributed by atoms with E-state index in [0.717, 1.165) is 18.4 Å². The second-order valence-corrected chi connectivity index (χ2v) is 12.6. The summed E-state index contributed by atoms with van der Waals surface area (Å²) in [6, 6.07) is 15.6. The third kappa shape index (κ3) is 6.53. The Morgan fingerprint density at radius 3 is 2.36 bits per heavy atom. The first kappa shape index (κ1) is 29.6. The Morgan fingerprint density at radius 1 is 1.00 bits per heavy atom. The first-order chi connectivity index (χ1) is 21.4. The number of thiazole rings is 1. The molecule has 0 bridgehead atoms. The molecule has 0 radical (unpaired) electrons. The van der Waals surface area contributed by atoms with Gasteiger partial charge in [0.2, 0.25) is 5.95 Å². The molecule has 2 aliphatic rings. The minimum atomic E-state index is -0.872. The molecule has 1 aliphatic heterocycles. The van der Waals surface area contributed by atoms with E-state index in [4.69, 9.17) is 4.74 Å². The van der Waals surface area contributed by atoms with E-state index in [2.05, 4.69) is 20.3 Å². The van der Waals surface area contributed by atoms with Gasteiger partial charge in [0.25, 0.3) is 11.8 Å². The lowest BCUT2D eigenvalue weighted by molar-refractivity contribution is -0.121. The molecule has 11 nitrogen and oxygen atoms in total. The average molecular weight is 630 g/mol. The molecule has 2 aromatic carbocycles. The van der Waals surface area contributed by atoms with E-state index < -0.39 is 17.5 Å². The van der Waals surface area contributed by atoms with E-state index in [-0.39, 0.29) is 24.5 Å². The molecule has 1 aliphatic carbocycles. The van der Waals surface area contributed by atoms with Gasteiger partial charge >= 0.3 is 6.09 Å². The highest BCUT2D eigenvalue weighted by atomic mass is 32.2. The van der Waals surface area contributed by atoms with Gasteiger partial charge in [-0.1, -0.05) is 30.3 Å². The number of thioether (sulfide) groups is 1. The van der Waals surface area contributed by atoms with Crippen molar-refractivity contribution in [1.29, 1.82) is 0 Å². The molecule has 2 unspecified atom stereocenters. The summed E-state index contributed by atoms with van der Waals surface area (Å²) in [5.41, 5.74) is 2.56. The maximum absolute atomic E-state index is 14.4. The van der Waals surface area contributed by atoms with Crippen LogP contribution in [0.25, 0.3) is 0 Å². The average Bonchev–Trinajstić information content (AvgIpc) is 3.49. The molecule has 2 fully saturated rings. The Kier molecular flexibility index (Phi) is 8.75. The van der Waals surface area contributed by atoms with Gasteiger partial charge in [0.1, 0.15) is 18.0 Å². The zero-order valence-electron chi connectivity index (χ0n) is 24.2. The SMILES string of the molecule is CN(C)c1ncc(C2SCC(C(=O)N(c3ccc(C(=O)NC4CC4)cc3)c3nccs3)N2C(=O)OCc2ccccc2)cn1. The summed E-state index contributed by atoms with van der Waals surface area (Å²) in [6.45, 7) is 0.0606. The summed E-state index contributed by atoms with van der Waals surface area (Å²) < 4.78 is 5.76. The van der Waals surface area contributed by atoms with Crippen LogP contribution in [-0.2, 0) is 16.1 Å². The standard InChI is InChI=1S/C31H31N7O4S2/c1-36(2)29-33-16-22(17-34-29)28-38(31(41)42-18-20-6-4-3-5-7-20)25(19-44-28)27(40)37(30-32-14-15-43-30)24-12-8-21(9-13-24)26(39)35-23-10-11-23/h3-9,12-17,23,25,28H,10-11,18-19H2,1-2H3,(H,35,39). The van der Waals surface area contributed by atoms with Crippen molar-refractivity contribution in [3.8, 4) is 0 Å². The topological polar surface area (TPSA) is 121 Å². The van der Waals surface area contributed by atoms with Crippen molar-refractivity contribution in [2.45, 2.75) is 36.9 Å². The molecule has 1 N–H and O–H groups in total. The minimum absolute atomic E-state index is 0.0606. The maximum atomic E-state index is 14.4. The van der Waals surface area contributed by atoms with Crippen LogP contribution in [0.3, 0.4) is 0 Å². The van der Waals surface area contributed by atoms with Crippen LogP contribution < -0.4 is 15.1 Å². The number of nitrogens with one attached hydrogen (secondary N) is 1. The fraction of sp³-hybridized carbons (Fsp3) is 0.290. The molecule has 226 valence electrons. The number of aromatic nitrogens is 3. The summed E-state index contributed by atoms with van der Waals surface area (Å²) in [5, 5.41) is 4.68. The number of rotatable bonds is 9. The van der Waals surface area contributed by atoms with Gasteiger partial charge in [0.05, 0.1) is 5.69 Å². The smallest absolute Gasteiger partial charge is 0.412 e. The predicted molar refractivity (Wildman–Crippen MR) is 170 cm³/mol. The fourth-order valence-corrected chi connectivity index (χ4v) is 6.77. The highest BCUT2D eigenvalue weighted by Gasteiger charge is 2.46. The van der Waals surface area contributed by atoms with Crippen LogP contribution in [0.5, 0.6) is 0 Å². The van der Waals surface area contributed by atoms with Gasteiger partial charge in [-0.15, -0.1) is 23.1 Å². The number of hydrogen-bond acceptors (Lipinski definition) is 10. The molecular formula is C31H31N7O4S2. The summed E-state index contributed by atoms with van der Waals surface area (Å²) in [5.74, 6) is 0.374. The Bertz CT molecular complexity index is 1600. The lowest BCUT2D eigenvalue weighted by atomic mass is 10.1. The Morgan fingerprint density at radius 2 is 1.73 bits per heavy atom. The maximum Gasteiger partial charge on any atom is 0.412 e. The van der Waals surface area contributed by atoms with Crippen molar-refractivity contribution in [3.63, 3.8) is 0 Å². The summed E-state index contributed by atoms with van der Waals surface area (Å²) in [6.07, 6.45) is 6.34. The molecule has 6 rings (SSSR count). The van der Waals surface area contributed by atoms with Gasteiger partial charge in [0, 0.05) is 61.0 Å². The quantitative estimate of drug-likeness (QED) is 0.272. The molecule has 13 heteroatoms. The Labute approximate surface area is 263 Å². The van der Waals surface area contributed by atoms with Crippen molar-refractivity contribution < 1.29 is 19.1 Å². The molecule has 3 amide bonds. The van der Waals surface area contributed by atoms with Crippen molar-refractivity contribution in [1.82, 2.24) is 25.2 Å². The third-order valence-corrected chi connectivity index (χ3v) is 9.26. The number of amides is 3. The van der Waals surface area contributed by atoms with Crippen molar-refractivity contribution in [3.05, 3.63) is 95.3 Å². The molecular weight excluding hydrogens is 599 g/mol. The van der Waals surface area contributed by atoms with Crippen LogP contribution in [0.1, 0.15) is 39.7 Å². The van der Waals surface area contributed by atoms with Crippen molar-refractivity contribution >= 4 is 57.8 Å². The molecule has 3 heterocycles. The molecule has 2 aromatic heterocycles. The molecule has 4 aromatic rings. The summed E-state index contributed by atoms with van der Waals surface area (Å²) in [4.78, 5) is 58.8. The van der Waals surface area contributed by atoms with E-state index in [0.29, 0.717) is 33.6 Å². The first-order valence-electron chi connectivity index (χ1n) is 14.1. The molecule has 44 heavy (non-hydrogen) atoms. The zero-order chi connectivity index (χ0) is 30.6. The minimum Gasteiger partial charge on any atom is -0.444 e. The van der Waals surface area contributed by atoms with Gasteiger partial charge < -0.3 is 15.0 Å². The summed E-state index contributed by atoms with van der Waals surface area (Å²) >= 11 is 2.75. The fourth-order valence-electron chi connectivity index (χ4n) is 4.73. The Balaban J connectivity index is 1.30. The van der Waals surface area contributed by atoms with Crippen LogP contribution in [0.2, 0.25) is 0 Å². The molecule has 1 saturated heterocycles. The van der Waals surface area contributed by atoms with Crippen LogP contribution in [0.15, 0.2) is 78.6 Å². The predicted octanol–water partition coefficient (Wildman–Crippen LogP) is 5.01. The van der Waals surface area contributed by atoms with Crippen molar-refractivity contribution in [2.75, 3.05) is 29.6 Å². The number of hydrogen-bond donors (Lipinski definition) is 1. The lowest BCUT2D eigenvalue weighted by Gasteiger charge is -2.31. The van der Waals surface area contributed by atoms with Crippen LogP contribution in [0, 0.1) is 0 Å². The third-order valence-electron chi connectivity index (χ3n) is 7.18. The van der Waals surface area contributed by atoms with E-state index in [1.165, 1.54) is 32.9 Å². The number of carbonyl (C=O) groups excluding carboxylic acids is 3. The Hall–Kier alpha value is -4.49. The van der Waals surface area contributed by atoms with Crippen LogP contribution in [-0.4, -0.2) is 69.7 Å². The number of benzene rings is 2. The normalized spacial score (nSPS) is 17.6. The van der Waals surface area contributed by atoms with E-state index >= 15 is 0 Å². The number of anilines is 3. The van der Waals surface area contributed by atoms with E-state index in [9.17, 15) is 14.4 Å². The van der Waals surface area contributed by atoms with Gasteiger partial charge in [-0.25, -0.2) is 19.7 Å². The van der Waals surface area contributed by atoms with E-state index in [1.807, 2.05) is 44.4 Å². The second-order valence-electron chi connectivity index (χ2n) is 10.6. The van der Waals surface area contributed by atoms with E-state index in [1.54, 1.807) is 53.1 Å². The monoisotopic (exact) mass is 629 g/mol.